The standard InChI is InChI=1S/C19H15BrN2O5/c1-2-25-16-8-12(9-21)7-13(20)19(16)27-18(24)10-22-14-5-3-4-6-15(14)26-11-17(22)23/h3-8H,2,10-11H2,1H3. The van der Waals surface area contributed by atoms with Crippen LogP contribution in [-0.4, -0.2) is 31.6 Å². The van der Waals surface area contributed by atoms with Gasteiger partial charge in [-0.1, -0.05) is 12.1 Å². The molecule has 0 fully saturated rings. The third kappa shape index (κ3) is 4.04. The monoisotopic (exact) mass is 430 g/mol. The van der Waals surface area contributed by atoms with Crippen molar-refractivity contribution in [2.24, 2.45) is 0 Å². The van der Waals surface area contributed by atoms with E-state index in [1.165, 1.54) is 17.0 Å². The number of amides is 1. The lowest BCUT2D eigenvalue weighted by Gasteiger charge is -2.28. The predicted octanol–water partition coefficient (Wildman–Crippen LogP) is 3.05. The van der Waals surface area contributed by atoms with E-state index < -0.39 is 5.97 Å². The number of para-hydroxylation sites is 2. The fourth-order valence-electron chi connectivity index (χ4n) is 2.60. The van der Waals surface area contributed by atoms with Gasteiger partial charge in [0.05, 0.1) is 28.4 Å². The van der Waals surface area contributed by atoms with E-state index in [2.05, 4.69) is 15.9 Å². The molecule has 0 unspecified atom stereocenters. The maximum absolute atomic E-state index is 12.5. The highest BCUT2D eigenvalue weighted by Crippen LogP contribution is 2.37. The quantitative estimate of drug-likeness (QED) is 0.534. The first-order valence-electron chi connectivity index (χ1n) is 8.12. The second kappa shape index (κ2) is 8.10. The molecule has 27 heavy (non-hydrogen) atoms. The van der Waals surface area contributed by atoms with E-state index in [1.54, 1.807) is 31.2 Å². The molecule has 2 aromatic rings. The predicted molar refractivity (Wildman–Crippen MR) is 100.0 cm³/mol. The summed E-state index contributed by atoms with van der Waals surface area (Å²) in [5.74, 6) is -0.0271. The van der Waals surface area contributed by atoms with Crippen molar-refractivity contribution >= 4 is 33.5 Å². The number of halogens is 1. The van der Waals surface area contributed by atoms with Crippen LogP contribution in [0.4, 0.5) is 5.69 Å². The Kier molecular flexibility index (Phi) is 5.62. The molecule has 138 valence electrons. The summed E-state index contributed by atoms with van der Waals surface area (Å²) >= 11 is 3.29. The smallest absolute Gasteiger partial charge is 0.331 e. The van der Waals surface area contributed by atoms with Crippen LogP contribution in [0.3, 0.4) is 0 Å². The second-order valence-electron chi connectivity index (χ2n) is 5.54. The molecule has 1 amide bonds. The minimum atomic E-state index is -0.647. The van der Waals surface area contributed by atoms with Gasteiger partial charge in [0.2, 0.25) is 0 Å². The van der Waals surface area contributed by atoms with Gasteiger partial charge >= 0.3 is 5.97 Å². The Labute approximate surface area is 164 Å². The molecule has 3 rings (SSSR count). The zero-order valence-electron chi connectivity index (χ0n) is 14.4. The zero-order chi connectivity index (χ0) is 19.4. The number of esters is 1. The van der Waals surface area contributed by atoms with Gasteiger partial charge in [0.1, 0.15) is 12.3 Å². The van der Waals surface area contributed by atoms with Crippen LogP contribution in [0.1, 0.15) is 12.5 Å². The highest BCUT2D eigenvalue weighted by molar-refractivity contribution is 9.10. The number of anilines is 1. The van der Waals surface area contributed by atoms with Gasteiger partial charge < -0.3 is 14.2 Å². The molecule has 0 spiro atoms. The lowest BCUT2D eigenvalue weighted by atomic mass is 10.2. The molecule has 8 heteroatoms. The maximum atomic E-state index is 12.5. The molecular weight excluding hydrogens is 416 g/mol. The van der Waals surface area contributed by atoms with Crippen molar-refractivity contribution in [2.75, 3.05) is 24.7 Å². The normalized spacial score (nSPS) is 12.6. The lowest BCUT2D eigenvalue weighted by molar-refractivity contribution is -0.134. The van der Waals surface area contributed by atoms with E-state index in [0.29, 0.717) is 28.1 Å². The number of carbonyl (C=O) groups excluding carboxylic acids is 2. The Morgan fingerprint density at radius 1 is 1.37 bits per heavy atom. The largest absolute Gasteiger partial charge is 0.490 e. The lowest BCUT2D eigenvalue weighted by Crippen LogP contribution is -2.43. The first-order chi connectivity index (χ1) is 13.0. The van der Waals surface area contributed by atoms with E-state index in [-0.39, 0.29) is 30.6 Å². The van der Waals surface area contributed by atoms with Crippen molar-refractivity contribution in [1.82, 2.24) is 0 Å². The van der Waals surface area contributed by atoms with Gasteiger partial charge in [0.25, 0.3) is 5.91 Å². The Balaban J connectivity index is 1.83. The van der Waals surface area contributed by atoms with Crippen molar-refractivity contribution in [3.63, 3.8) is 0 Å². The molecule has 0 N–H and O–H groups in total. The van der Waals surface area contributed by atoms with Gasteiger partial charge in [0, 0.05) is 6.07 Å². The number of nitrogens with zero attached hydrogens (tertiary/aromatic N) is 2. The van der Waals surface area contributed by atoms with Gasteiger partial charge in [-0.15, -0.1) is 0 Å². The van der Waals surface area contributed by atoms with Crippen LogP contribution in [0, 0.1) is 11.3 Å². The molecular formula is C19H15BrN2O5. The molecule has 0 aromatic heterocycles. The van der Waals surface area contributed by atoms with Crippen LogP contribution in [0.15, 0.2) is 40.9 Å². The molecule has 0 saturated heterocycles. The van der Waals surface area contributed by atoms with E-state index >= 15 is 0 Å². The Morgan fingerprint density at radius 3 is 2.89 bits per heavy atom. The van der Waals surface area contributed by atoms with Crippen molar-refractivity contribution in [1.29, 1.82) is 5.26 Å². The van der Waals surface area contributed by atoms with E-state index in [9.17, 15) is 9.59 Å². The number of fused-ring (bicyclic) bond motifs is 1. The summed E-state index contributed by atoms with van der Waals surface area (Å²) < 4.78 is 16.7. The number of carbonyl (C=O) groups is 2. The van der Waals surface area contributed by atoms with Gasteiger partial charge in [-0.3, -0.25) is 9.69 Å². The number of rotatable bonds is 5. The topological polar surface area (TPSA) is 88.9 Å². The SMILES string of the molecule is CCOc1cc(C#N)cc(Br)c1OC(=O)CN1C(=O)COc2ccccc21. The molecule has 2 aromatic carbocycles. The van der Waals surface area contributed by atoms with E-state index in [1.807, 2.05) is 6.07 Å². The summed E-state index contributed by atoms with van der Waals surface area (Å²) in [6.07, 6.45) is 0. The minimum Gasteiger partial charge on any atom is -0.490 e. The molecule has 7 nitrogen and oxygen atoms in total. The Morgan fingerprint density at radius 2 is 2.15 bits per heavy atom. The third-order valence-electron chi connectivity index (χ3n) is 3.75. The third-order valence-corrected chi connectivity index (χ3v) is 4.34. The highest BCUT2D eigenvalue weighted by Gasteiger charge is 2.28. The first-order valence-corrected chi connectivity index (χ1v) is 8.92. The summed E-state index contributed by atoms with van der Waals surface area (Å²) in [5, 5.41) is 9.08. The number of hydrogen-bond acceptors (Lipinski definition) is 6. The molecule has 0 aliphatic carbocycles. The van der Waals surface area contributed by atoms with Crippen molar-refractivity contribution < 1.29 is 23.8 Å². The Hall–Kier alpha value is -3.05. The maximum Gasteiger partial charge on any atom is 0.331 e. The fraction of sp³-hybridized carbons (Fsp3) is 0.211. The van der Waals surface area contributed by atoms with Crippen molar-refractivity contribution in [3.8, 4) is 23.3 Å². The van der Waals surface area contributed by atoms with Gasteiger partial charge in [-0.25, -0.2) is 4.79 Å². The number of ether oxygens (including phenoxy) is 3. The summed E-state index contributed by atoms with van der Waals surface area (Å²) in [6, 6.07) is 12.0. The Bertz CT molecular complexity index is 938. The first kappa shape index (κ1) is 18.7. The van der Waals surface area contributed by atoms with Gasteiger partial charge in [-0.05, 0) is 41.1 Å². The minimum absolute atomic E-state index is 0.144. The molecule has 0 atom stereocenters. The second-order valence-corrected chi connectivity index (χ2v) is 6.39. The average Bonchev–Trinajstić information content (AvgIpc) is 2.66. The number of hydrogen-bond donors (Lipinski definition) is 0. The molecule has 1 aliphatic rings. The van der Waals surface area contributed by atoms with E-state index in [4.69, 9.17) is 19.5 Å². The fourth-order valence-corrected chi connectivity index (χ4v) is 3.12. The average molecular weight is 431 g/mol. The van der Waals surface area contributed by atoms with Crippen LogP contribution >= 0.6 is 15.9 Å². The van der Waals surface area contributed by atoms with Crippen LogP contribution in [-0.2, 0) is 9.59 Å². The number of benzene rings is 2. The van der Waals surface area contributed by atoms with E-state index in [0.717, 1.165) is 0 Å². The molecule has 0 radical (unpaired) electrons. The van der Waals surface area contributed by atoms with Gasteiger partial charge in [0.15, 0.2) is 18.1 Å². The molecule has 0 bridgehead atoms. The molecule has 0 saturated carbocycles. The zero-order valence-corrected chi connectivity index (χ0v) is 16.0. The highest BCUT2D eigenvalue weighted by atomic mass is 79.9. The van der Waals surface area contributed by atoms with Crippen LogP contribution < -0.4 is 19.1 Å². The van der Waals surface area contributed by atoms with Crippen LogP contribution in [0.5, 0.6) is 17.2 Å². The van der Waals surface area contributed by atoms with Crippen molar-refractivity contribution in [3.05, 3.63) is 46.4 Å². The molecule has 1 aliphatic heterocycles. The van der Waals surface area contributed by atoms with Crippen LogP contribution in [0.25, 0.3) is 0 Å². The molecule has 1 heterocycles. The summed E-state index contributed by atoms with van der Waals surface area (Å²) in [6.45, 7) is 1.69. The summed E-state index contributed by atoms with van der Waals surface area (Å²) in [4.78, 5) is 26.0. The van der Waals surface area contributed by atoms with Crippen molar-refractivity contribution in [2.45, 2.75) is 6.92 Å². The van der Waals surface area contributed by atoms with Gasteiger partial charge in [-0.2, -0.15) is 5.26 Å². The summed E-state index contributed by atoms with van der Waals surface area (Å²) in [5.41, 5.74) is 0.872. The number of nitriles is 1. The van der Waals surface area contributed by atoms with Crippen LogP contribution in [0.2, 0.25) is 0 Å². The summed E-state index contributed by atoms with van der Waals surface area (Å²) in [7, 11) is 0.